The summed E-state index contributed by atoms with van der Waals surface area (Å²) in [5, 5.41) is 0. The summed E-state index contributed by atoms with van der Waals surface area (Å²) in [6.07, 6.45) is 0.593. The van der Waals surface area contributed by atoms with Gasteiger partial charge in [-0.3, -0.25) is 0 Å². The highest BCUT2D eigenvalue weighted by Gasteiger charge is 2.28. The summed E-state index contributed by atoms with van der Waals surface area (Å²) >= 11 is 0. The predicted octanol–water partition coefficient (Wildman–Crippen LogP) is 1.92. The van der Waals surface area contributed by atoms with Gasteiger partial charge >= 0.3 is 0 Å². The van der Waals surface area contributed by atoms with Crippen LogP contribution in [0.1, 0.15) is 26.3 Å². The molecule has 0 bridgehead atoms. The zero-order chi connectivity index (χ0) is 15.4. The number of halogens is 1. The molecule has 0 aliphatic heterocycles. The van der Waals surface area contributed by atoms with Crippen LogP contribution in [-0.4, -0.2) is 32.1 Å². The van der Waals surface area contributed by atoms with Crippen LogP contribution in [0, 0.1) is 5.82 Å². The molecule has 2 N–H and O–H groups in total. The minimum atomic E-state index is -3.26. The topological polar surface area (TPSA) is 69.4 Å². The molecule has 0 radical (unpaired) electrons. The van der Waals surface area contributed by atoms with Crippen LogP contribution < -0.4 is 10.5 Å². The molecule has 4 nitrogen and oxygen atoms in total. The van der Waals surface area contributed by atoms with Crippen LogP contribution in [0.25, 0.3) is 0 Å². The van der Waals surface area contributed by atoms with Gasteiger partial charge in [-0.05, 0) is 51.4 Å². The van der Waals surface area contributed by atoms with E-state index in [1.165, 1.54) is 12.1 Å². The minimum Gasteiger partial charge on any atom is -0.489 e. The third-order valence-corrected chi connectivity index (χ3v) is 5.54. The molecule has 114 valence electrons. The van der Waals surface area contributed by atoms with Crippen molar-refractivity contribution in [1.29, 1.82) is 0 Å². The highest BCUT2D eigenvalue weighted by atomic mass is 32.2. The smallest absolute Gasteiger partial charge is 0.165 e. The lowest BCUT2D eigenvalue weighted by molar-refractivity contribution is 0.321. The Morgan fingerprint density at radius 2 is 1.95 bits per heavy atom. The van der Waals surface area contributed by atoms with Gasteiger partial charge in [0.15, 0.2) is 21.4 Å². The van der Waals surface area contributed by atoms with Crippen LogP contribution in [0.4, 0.5) is 4.39 Å². The van der Waals surface area contributed by atoms with E-state index in [1.807, 2.05) is 0 Å². The first-order chi connectivity index (χ1) is 9.17. The van der Waals surface area contributed by atoms with E-state index in [4.69, 9.17) is 10.5 Å². The molecule has 6 heteroatoms. The molecule has 1 aromatic rings. The number of benzene rings is 1. The first kappa shape index (κ1) is 16.9. The lowest BCUT2D eigenvalue weighted by Gasteiger charge is -2.19. The Hall–Kier alpha value is -1.14. The molecule has 0 aliphatic carbocycles. The van der Waals surface area contributed by atoms with Gasteiger partial charge in [-0.2, -0.15) is 0 Å². The number of ether oxygens (including phenoxy) is 1. The van der Waals surface area contributed by atoms with E-state index in [0.29, 0.717) is 13.0 Å². The van der Waals surface area contributed by atoms with Gasteiger partial charge in [0, 0.05) is 0 Å². The van der Waals surface area contributed by atoms with Gasteiger partial charge in [0.1, 0.15) is 6.61 Å². The highest BCUT2D eigenvalue weighted by molar-refractivity contribution is 7.92. The first-order valence-electron chi connectivity index (χ1n) is 6.51. The van der Waals surface area contributed by atoms with Crippen LogP contribution >= 0.6 is 0 Å². The van der Waals surface area contributed by atoms with Crippen molar-refractivity contribution in [3.05, 3.63) is 29.6 Å². The van der Waals surface area contributed by atoms with Crippen molar-refractivity contribution in [2.45, 2.75) is 31.9 Å². The molecule has 0 unspecified atom stereocenters. The quantitative estimate of drug-likeness (QED) is 0.871. The van der Waals surface area contributed by atoms with E-state index < -0.39 is 20.4 Å². The van der Waals surface area contributed by atoms with Gasteiger partial charge in [-0.1, -0.05) is 6.07 Å². The van der Waals surface area contributed by atoms with Crippen molar-refractivity contribution in [1.82, 2.24) is 0 Å². The van der Waals surface area contributed by atoms with Gasteiger partial charge < -0.3 is 10.5 Å². The van der Waals surface area contributed by atoms with Crippen LogP contribution in [-0.2, 0) is 16.3 Å². The summed E-state index contributed by atoms with van der Waals surface area (Å²) < 4.78 is 41.9. The monoisotopic (exact) mass is 303 g/mol. The molecule has 0 atom stereocenters. The van der Waals surface area contributed by atoms with Crippen molar-refractivity contribution in [2.75, 3.05) is 18.9 Å². The Morgan fingerprint density at radius 1 is 1.30 bits per heavy atom. The fourth-order valence-corrected chi connectivity index (χ4v) is 2.47. The largest absolute Gasteiger partial charge is 0.489 e. The van der Waals surface area contributed by atoms with Crippen molar-refractivity contribution in [3.63, 3.8) is 0 Å². The van der Waals surface area contributed by atoms with E-state index >= 15 is 0 Å². The second-order valence-corrected chi connectivity index (χ2v) is 8.45. The molecule has 20 heavy (non-hydrogen) atoms. The number of hydrogen-bond donors (Lipinski definition) is 1. The van der Waals surface area contributed by atoms with E-state index in [9.17, 15) is 12.8 Å². The van der Waals surface area contributed by atoms with Gasteiger partial charge in [-0.15, -0.1) is 0 Å². The number of sulfone groups is 1. The first-order valence-corrected chi connectivity index (χ1v) is 8.16. The van der Waals surface area contributed by atoms with E-state index in [2.05, 4.69) is 0 Å². The molecule has 0 amide bonds. The second-order valence-electron chi connectivity index (χ2n) is 5.58. The molecule has 1 rings (SSSR count). The van der Waals surface area contributed by atoms with E-state index in [-0.39, 0.29) is 18.1 Å². The van der Waals surface area contributed by atoms with Gasteiger partial charge in [-0.25, -0.2) is 12.8 Å². The van der Waals surface area contributed by atoms with Gasteiger partial charge in [0.05, 0.1) is 10.5 Å². The fourth-order valence-electron chi connectivity index (χ4n) is 1.55. The SMILES string of the molecule is CC(C)(C)S(=O)(=O)CCOc1ccc(CCN)cc1F. The van der Waals surface area contributed by atoms with Crippen molar-refractivity contribution < 1.29 is 17.5 Å². The molecular weight excluding hydrogens is 281 g/mol. The molecule has 0 aromatic heterocycles. The second kappa shape index (κ2) is 6.54. The molecule has 0 aliphatic rings. The number of hydrogen-bond acceptors (Lipinski definition) is 4. The van der Waals surface area contributed by atoms with Crippen LogP contribution in [0.2, 0.25) is 0 Å². The maximum atomic E-state index is 13.7. The van der Waals surface area contributed by atoms with E-state index in [1.54, 1.807) is 26.8 Å². The summed E-state index contributed by atoms with van der Waals surface area (Å²) in [4.78, 5) is 0. The zero-order valence-electron chi connectivity index (χ0n) is 12.1. The standard InChI is InChI=1S/C14H22FNO3S/c1-14(2,3)20(17,18)9-8-19-13-5-4-11(6-7-16)10-12(13)15/h4-5,10H,6-9,16H2,1-3H3. The fraction of sp³-hybridized carbons (Fsp3) is 0.571. The maximum absolute atomic E-state index is 13.7. The van der Waals surface area contributed by atoms with Crippen LogP contribution in [0.15, 0.2) is 18.2 Å². The summed E-state index contributed by atoms with van der Waals surface area (Å²) in [6, 6.07) is 4.59. The summed E-state index contributed by atoms with van der Waals surface area (Å²) in [5.41, 5.74) is 6.19. The summed E-state index contributed by atoms with van der Waals surface area (Å²) in [7, 11) is -3.26. The summed E-state index contributed by atoms with van der Waals surface area (Å²) in [5.74, 6) is -0.570. The zero-order valence-corrected chi connectivity index (χ0v) is 13.0. The Labute approximate surface area is 120 Å². The third kappa shape index (κ3) is 4.45. The molecule has 0 spiro atoms. The molecular formula is C14H22FNO3S. The van der Waals surface area contributed by atoms with Crippen molar-refractivity contribution in [3.8, 4) is 5.75 Å². The Kier molecular flexibility index (Phi) is 5.53. The normalized spacial score (nSPS) is 12.4. The summed E-state index contributed by atoms with van der Waals surface area (Å²) in [6.45, 7) is 5.27. The molecule has 0 heterocycles. The minimum absolute atomic E-state index is 0.0627. The van der Waals surface area contributed by atoms with Crippen LogP contribution in [0.3, 0.4) is 0 Å². The predicted molar refractivity (Wildman–Crippen MR) is 78.2 cm³/mol. The Balaban J connectivity index is 2.63. The van der Waals surface area contributed by atoms with E-state index in [0.717, 1.165) is 5.56 Å². The Bertz CT molecular complexity index is 550. The third-order valence-electron chi connectivity index (χ3n) is 2.97. The lowest BCUT2D eigenvalue weighted by Crippen LogP contribution is -2.32. The molecule has 0 saturated carbocycles. The van der Waals surface area contributed by atoms with Gasteiger partial charge in [0.25, 0.3) is 0 Å². The highest BCUT2D eigenvalue weighted by Crippen LogP contribution is 2.20. The Morgan fingerprint density at radius 3 is 2.45 bits per heavy atom. The van der Waals surface area contributed by atoms with Crippen molar-refractivity contribution >= 4 is 9.84 Å². The molecule has 0 saturated heterocycles. The molecule has 1 aromatic carbocycles. The van der Waals surface area contributed by atoms with Gasteiger partial charge in [0.2, 0.25) is 0 Å². The average molecular weight is 303 g/mol. The van der Waals surface area contributed by atoms with Crippen LogP contribution in [0.5, 0.6) is 5.75 Å². The maximum Gasteiger partial charge on any atom is 0.165 e. The van der Waals surface area contributed by atoms with Crippen molar-refractivity contribution in [2.24, 2.45) is 5.73 Å². The average Bonchev–Trinajstić information content (AvgIpc) is 2.30. The molecule has 0 fully saturated rings. The lowest BCUT2D eigenvalue weighted by atomic mass is 10.1. The number of rotatable bonds is 6. The number of nitrogens with two attached hydrogens (primary N) is 1.